The smallest absolute Gasteiger partial charge is 0.125 e. The second kappa shape index (κ2) is 5.78. The Morgan fingerprint density at radius 3 is 2.84 bits per heavy atom. The van der Waals surface area contributed by atoms with Gasteiger partial charge in [-0.1, -0.05) is 11.6 Å². The van der Waals surface area contributed by atoms with E-state index in [1.54, 1.807) is 6.07 Å². The molecule has 1 aromatic rings. The van der Waals surface area contributed by atoms with Crippen molar-refractivity contribution in [2.75, 3.05) is 19.6 Å². The van der Waals surface area contributed by atoms with Gasteiger partial charge in [-0.3, -0.25) is 0 Å². The van der Waals surface area contributed by atoms with Crippen LogP contribution in [0.15, 0.2) is 18.2 Å². The van der Waals surface area contributed by atoms with Crippen LogP contribution in [0.5, 0.6) is 0 Å². The summed E-state index contributed by atoms with van der Waals surface area (Å²) in [5.74, 6) is 0.481. The zero-order valence-corrected chi connectivity index (χ0v) is 11.8. The van der Waals surface area contributed by atoms with Crippen LogP contribution >= 0.6 is 11.6 Å². The third-order valence-corrected chi connectivity index (χ3v) is 4.28. The zero-order valence-electron chi connectivity index (χ0n) is 11.0. The lowest BCUT2D eigenvalue weighted by atomic mass is 10.1. The summed E-state index contributed by atoms with van der Waals surface area (Å²) in [6.45, 7) is 4.18. The topological polar surface area (TPSA) is 15.3 Å². The van der Waals surface area contributed by atoms with Crippen molar-refractivity contribution < 1.29 is 4.39 Å². The van der Waals surface area contributed by atoms with Gasteiger partial charge in [0.05, 0.1) is 0 Å². The minimum atomic E-state index is -0.259. The highest BCUT2D eigenvalue weighted by atomic mass is 35.5. The SMILES string of the molecule is Fc1cc(Cl)cc(CNCC2CCN(C3CC3)C2)c1. The normalized spacial score (nSPS) is 24.0. The van der Waals surface area contributed by atoms with Crippen molar-refractivity contribution in [1.29, 1.82) is 0 Å². The van der Waals surface area contributed by atoms with E-state index in [-0.39, 0.29) is 5.82 Å². The number of likely N-dealkylation sites (tertiary alicyclic amines) is 1. The third-order valence-electron chi connectivity index (χ3n) is 4.07. The van der Waals surface area contributed by atoms with E-state index in [4.69, 9.17) is 11.6 Å². The van der Waals surface area contributed by atoms with E-state index in [0.717, 1.165) is 24.1 Å². The summed E-state index contributed by atoms with van der Waals surface area (Å²) in [5.41, 5.74) is 0.919. The van der Waals surface area contributed by atoms with Crippen molar-refractivity contribution >= 4 is 11.6 Å². The van der Waals surface area contributed by atoms with Crippen LogP contribution in [0.1, 0.15) is 24.8 Å². The fourth-order valence-corrected chi connectivity index (χ4v) is 3.18. The fourth-order valence-electron chi connectivity index (χ4n) is 2.93. The average molecular weight is 283 g/mol. The van der Waals surface area contributed by atoms with E-state index in [0.29, 0.717) is 11.6 Å². The minimum Gasteiger partial charge on any atom is -0.312 e. The molecule has 2 fully saturated rings. The molecule has 2 nitrogen and oxygen atoms in total. The molecule has 1 aromatic carbocycles. The van der Waals surface area contributed by atoms with E-state index in [2.05, 4.69) is 10.2 Å². The van der Waals surface area contributed by atoms with Crippen molar-refractivity contribution in [1.82, 2.24) is 10.2 Å². The summed E-state index contributed by atoms with van der Waals surface area (Å²) in [5, 5.41) is 3.90. The summed E-state index contributed by atoms with van der Waals surface area (Å²) in [7, 11) is 0. The standard InChI is InChI=1S/C15H20ClFN2/c16-13-5-12(6-14(17)7-13)9-18-8-11-3-4-19(10-11)15-1-2-15/h5-7,11,15,18H,1-4,8-10H2. The number of halogens is 2. The Balaban J connectivity index is 1.43. The third kappa shape index (κ3) is 3.68. The molecule has 2 aliphatic rings. The number of rotatable bonds is 5. The molecule has 1 atom stereocenters. The maximum absolute atomic E-state index is 13.2. The minimum absolute atomic E-state index is 0.259. The molecule has 1 aliphatic heterocycles. The first-order chi connectivity index (χ1) is 9.20. The first-order valence-corrected chi connectivity index (χ1v) is 7.48. The van der Waals surface area contributed by atoms with E-state index in [9.17, 15) is 4.39 Å². The van der Waals surface area contributed by atoms with Gasteiger partial charge in [-0.25, -0.2) is 4.39 Å². The Kier molecular flexibility index (Phi) is 4.06. The van der Waals surface area contributed by atoms with Gasteiger partial charge in [0.15, 0.2) is 0 Å². The Morgan fingerprint density at radius 2 is 2.11 bits per heavy atom. The molecule has 1 saturated heterocycles. The van der Waals surface area contributed by atoms with Crippen LogP contribution in [0.4, 0.5) is 4.39 Å². The summed E-state index contributed by atoms with van der Waals surface area (Å²) >= 11 is 5.84. The molecule has 1 unspecified atom stereocenters. The van der Waals surface area contributed by atoms with Crippen molar-refractivity contribution in [3.63, 3.8) is 0 Å². The van der Waals surface area contributed by atoms with E-state index >= 15 is 0 Å². The Morgan fingerprint density at radius 1 is 1.26 bits per heavy atom. The molecule has 1 heterocycles. The van der Waals surface area contributed by atoms with Gasteiger partial charge >= 0.3 is 0 Å². The lowest BCUT2D eigenvalue weighted by molar-refractivity contribution is 0.312. The number of hydrogen-bond acceptors (Lipinski definition) is 2. The average Bonchev–Trinajstić information content (AvgIpc) is 3.09. The molecule has 0 radical (unpaired) electrons. The number of nitrogens with zero attached hydrogens (tertiary/aromatic N) is 1. The molecule has 1 saturated carbocycles. The largest absolute Gasteiger partial charge is 0.312 e. The molecule has 0 amide bonds. The van der Waals surface area contributed by atoms with Gasteiger partial charge < -0.3 is 10.2 Å². The monoisotopic (exact) mass is 282 g/mol. The van der Waals surface area contributed by atoms with Crippen molar-refractivity contribution in [2.45, 2.75) is 31.8 Å². The Hall–Kier alpha value is -0.640. The predicted octanol–water partition coefficient (Wildman–Crippen LogP) is 3.05. The first kappa shape index (κ1) is 13.3. The zero-order chi connectivity index (χ0) is 13.2. The molecule has 4 heteroatoms. The molecule has 0 bridgehead atoms. The Bertz CT molecular complexity index is 428. The van der Waals surface area contributed by atoms with Crippen LogP contribution in [0.2, 0.25) is 5.02 Å². The second-order valence-electron chi connectivity index (χ2n) is 5.79. The molecule has 104 valence electrons. The number of nitrogens with one attached hydrogen (secondary N) is 1. The molecular weight excluding hydrogens is 263 g/mol. The van der Waals surface area contributed by atoms with Gasteiger partial charge in [0.25, 0.3) is 0 Å². The highest BCUT2D eigenvalue weighted by molar-refractivity contribution is 6.30. The van der Waals surface area contributed by atoms with Gasteiger partial charge in [0, 0.05) is 24.2 Å². The summed E-state index contributed by atoms with van der Waals surface area (Å²) < 4.78 is 13.2. The second-order valence-corrected chi connectivity index (χ2v) is 6.23. The molecule has 1 aliphatic carbocycles. The molecule has 1 N–H and O–H groups in total. The summed E-state index contributed by atoms with van der Waals surface area (Å²) in [6, 6.07) is 5.59. The van der Waals surface area contributed by atoms with Gasteiger partial charge in [-0.05, 0) is 62.0 Å². The molecule has 0 spiro atoms. The highest BCUT2D eigenvalue weighted by Gasteiger charge is 2.33. The summed E-state index contributed by atoms with van der Waals surface area (Å²) in [6.07, 6.45) is 4.07. The van der Waals surface area contributed by atoms with Crippen molar-refractivity contribution in [3.05, 3.63) is 34.6 Å². The number of hydrogen-bond donors (Lipinski definition) is 1. The van der Waals surface area contributed by atoms with Gasteiger partial charge in [0.2, 0.25) is 0 Å². The highest BCUT2D eigenvalue weighted by Crippen LogP contribution is 2.31. The van der Waals surface area contributed by atoms with Crippen LogP contribution in [-0.4, -0.2) is 30.6 Å². The van der Waals surface area contributed by atoms with Crippen LogP contribution in [0, 0.1) is 11.7 Å². The van der Waals surface area contributed by atoms with Crippen LogP contribution in [0.25, 0.3) is 0 Å². The molecule has 0 aromatic heterocycles. The first-order valence-electron chi connectivity index (χ1n) is 7.10. The van der Waals surface area contributed by atoms with Crippen LogP contribution < -0.4 is 5.32 Å². The molecule has 19 heavy (non-hydrogen) atoms. The lowest BCUT2D eigenvalue weighted by Gasteiger charge is -2.15. The van der Waals surface area contributed by atoms with Crippen LogP contribution in [0.3, 0.4) is 0 Å². The van der Waals surface area contributed by atoms with Crippen molar-refractivity contribution in [2.24, 2.45) is 5.92 Å². The van der Waals surface area contributed by atoms with Gasteiger partial charge in [0.1, 0.15) is 5.82 Å². The predicted molar refractivity (Wildman–Crippen MR) is 75.8 cm³/mol. The maximum Gasteiger partial charge on any atom is 0.125 e. The van der Waals surface area contributed by atoms with E-state index in [1.165, 1.54) is 38.4 Å². The van der Waals surface area contributed by atoms with Gasteiger partial charge in [-0.15, -0.1) is 0 Å². The van der Waals surface area contributed by atoms with E-state index < -0.39 is 0 Å². The van der Waals surface area contributed by atoms with Gasteiger partial charge in [-0.2, -0.15) is 0 Å². The number of benzene rings is 1. The lowest BCUT2D eigenvalue weighted by Crippen LogP contribution is -2.27. The van der Waals surface area contributed by atoms with Crippen molar-refractivity contribution in [3.8, 4) is 0 Å². The molecular formula is C15H20ClFN2. The van der Waals surface area contributed by atoms with Crippen LogP contribution in [-0.2, 0) is 6.54 Å². The quantitative estimate of drug-likeness (QED) is 0.893. The fraction of sp³-hybridized carbons (Fsp3) is 0.600. The Labute approximate surface area is 118 Å². The maximum atomic E-state index is 13.2. The van der Waals surface area contributed by atoms with E-state index in [1.807, 2.05) is 6.07 Å². The summed E-state index contributed by atoms with van der Waals surface area (Å²) in [4.78, 5) is 2.62. The molecule has 3 rings (SSSR count).